The molecule has 1 aromatic carbocycles. The van der Waals surface area contributed by atoms with Crippen LogP contribution in [0.3, 0.4) is 0 Å². The number of aryl methyl sites for hydroxylation is 1. The minimum absolute atomic E-state index is 0.148. The normalized spacial score (nSPS) is 13.2. The number of sulfonamides is 1. The summed E-state index contributed by atoms with van der Waals surface area (Å²) in [5, 5.41) is 8.73. The lowest BCUT2D eigenvalue weighted by atomic mass is 10.1. The second kappa shape index (κ2) is 5.81. The lowest BCUT2D eigenvalue weighted by Crippen LogP contribution is -2.35. The third kappa shape index (κ3) is 2.79. The van der Waals surface area contributed by atoms with Crippen molar-refractivity contribution >= 4 is 15.7 Å². The topological polar surface area (TPSA) is 87.2 Å². The number of anilines is 1. The lowest BCUT2D eigenvalue weighted by molar-refractivity contribution is 0.392. The Bertz CT molecular complexity index is 634. The van der Waals surface area contributed by atoms with Crippen molar-refractivity contribution in [2.24, 2.45) is 0 Å². The van der Waals surface area contributed by atoms with E-state index in [0.717, 1.165) is 5.56 Å². The van der Waals surface area contributed by atoms with E-state index in [2.05, 4.69) is 0 Å². The molecule has 0 aliphatic heterocycles. The second-order valence-electron chi connectivity index (χ2n) is 5.09. The molecule has 5 nitrogen and oxygen atoms in total. The number of benzene rings is 1. The fourth-order valence-corrected chi connectivity index (χ4v) is 3.96. The average Bonchev–Trinajstić information content (AvgIpc) is 2.35. The molecule has 0 saturated carbocycles. The van der Waals surface area contributed by atoms with E-state index < -0.39 is 10.0 Å². The predicted octanol–water partition coefficient (Wildman–Crippen LogP) is 2.12. The molecule has 0 aliphatic carbocycles. The van der Waals surface area contributed by atoms with Gasteiger partial charge in [0.25, 0.3) is 0 Å². The molecule has 20 heavy (non-hydrogen) atoms. The van der Waals surface area contributed by atoms with Gasteiger partial charge in [-0.2, -0.15) is 9.57 Å². The molecule has 0 spiro atoms. The van der Waals surface area contributed by atoms with Gasteiger partial charge in [0, 0.05) is 18.8 Å². The van der Waals surface area contributed by atoms with Gasteiger partial charge in [-0.15, -0.1) is 0 Å². The number of nitrogens with two attached hydrogens (primary N) is 1. The van der Waals surface area contributed by atoms with Crippen LogP contribution >= 0.6 is 0 Å². The lowest BCUT2D eigenvalue weighted by Gasteiger charge is -2.25. The Morgan fingerprint density at radius 2 is 1.90 bits per heavy atom. The fourth-order valence-electron chi connectivity index (χ4n) is 2.07. The summed E-state index contributed by atoms with van der Waals surface area (Å²) in [6.07, 6.45) is 0.148. The van der Waals surface area contributed by atoms with E-state index in [9.17, 15) is 8.42 Å². The molecule has 0 bridgehead atoms. The molecule has 1 atom stereocenters. The number of rotatable bonds is 4. The number of nitrogen functional groups attached to an aromatic ring is 1. The van der Waals surface area contributed by atoms with E-state index in [1.54, 1.807) is 26.8 Å². The highest BCUT2D eigenvalue weighted by atomic mass is 32.2. The van der Waals surface area contributed by atoms with E-state index in [-0.39, 0.29) is 17.4 Å². The van der Waals surface area contributed by atoms with Crippen LogP contribution < -0.4 is 5.73 Å². The zero-order valence-corrected chi connectivity index (χ0v) is 13.4. The molecule has 2 N–H and O–H groups in total. The van der Waals surface area contributed by atoms with Crippen molar-refractivity contribution in [1.29, 1.82) is 5.26 Å². The first kappa shape index (κ1) is 16.5. The van der Waals surface area contributed by atoms with E-state index in [1.807, 2.05) is 13.0 Å². The van der Waals surface area contributed by atoms with Crippen LogP contribution in [0.5, 0.6) is 0 Å². The molecule has 0 aliphatic rings. The van der Waals surface area contributed by atoms with Gasteiger partial charge in [-0.05, 0) is 50.5 Å². The van der Waals surface area contributed by atoms with E-state index in [0.29, 0.717) is 16.8 Å². The maximum Gasteiger partial charge on any atom is 0.243 e. The molecule has 1 aromatic rings. The Labute approximate surface area is 121 Å². The minimum Gasteiger partial charge on any atom is -0.398 e. The molecule has 1 rings (SSSR count). The van der Waals surface area contributed by atoms with E-state index >= 15 is 0 Å². The van der Waals surface area contributed by atoms with Crippen molar-refractivity contribution in [2.45, 2.75) is 45.1 Å². The Morgan fingerprint density at radius 1 is 1.35 bits per heavy atom. The van der Waals surface area contributed by atoms with Crippen LogP contribution in [0, 0.1) is 32.1 Å². The smallest absolute Gasteiger partial charge is 0.243 e. The number of nitrogens with zero attached hydrogens (tertiary/aromatic N) is 2. The van der Waals surface area contributed by atoms with Crippen LogP contribution in [0.15, 0.2) is 11.0 Å². The Kier molecular flexibility index (Phi) is 4.79. The molecule has 0 saturated heterocycles. The summed E-state index contributed by atoms with van der Waals surface area (Å²) in [7, 11) is -2.17. The van der Waals surface area contributed by atoms with Gasteiger partial charge >= 0.3 is 0 Å². The minimum atomic E-state index is -3.66. The van der Waals surface area contributed by atoms with Crippen molar-refractivity contribution in [3.05, 3.63) is 22.8 Å². The molecular weight excluding hydrogens is 274 g/mol. The highest BCUT2D eigenvalue weighted by Crippen LogP contribution is 2.30. The molecule has 0 aromatic heterocycles. The van der Waals surface area contributed by atoms with Gasteiger partial charge < -0.3 is 5.73 Å². The zero-order valence-electron chi connectivity index (χ0n) is 12.6. The number of nitriles is 1. The van der Waals surface area contributed by atoms with Crippen molar-refractivity contribution in [1.82, 2.24) is 4.31 Å². The first-order valence-electron chi connectivity index (χ1n) is 6.35. The van der Waals surface area contributed by atoms with Crippen molar-refractivity contribution in [3.8, 4) is 6.07 Å². The van der Waals surface area contributed by atoms with Crippen LogP contribution in [-0.4, -0.2) is 25.8 Å². The maximum absolute atomic E-state index is 12.8. The number of hydrogen-bond donors (Lipinski definition) is 1. The summed E-state index contributed by atoms with van der Waals surface area (Å²) in [5.74, 6) is 0. The quantitative estimate of drug-likeness (QED) is 0.862. The molecule has 1 unspecified atom stereocenters. The van der Waals surface area contributed by atoms with E-state index in [1.165, 1.54) is 11.4 Å². The molecule has 0 fully saturated rings. The molecule has 0 radical (unpaired) electrons. The second-order valence-corrected chi connectivity index (χ2v) is 7.03. The highest BCUT2D eigenvalue weighted by molar-refractivity contribution is 7.89. The van der Waals surface area contributed by atoms with Crippen molar-refractivity contribution < 1.29 is 8.42 Å². The third-order valence-electron chi connectivity index (χ3n) is 3.72. The SMILES string of the molecule is Cc1cc(N)c(C)c(S(=O)(=O)N(C)C(C)CC#N)c1C. The van der Waals surface area contributed by atoms with Gasteiger partial charge in [0.2, 0.25) is 10.0 Å². The van der Waals surface area contributed by atoms with Crippen molar-refractivity contribution in [2.75, 3.05) is 12.8 Å². The Morgan fingerprint density at radius 3 is 2.40 bits per heavy atom. The summed E-state index contributed by atoms with van der Waals surface area (Å²) in [6.45, 7) is 7.03. The van der Waals surface area contributed by atoms with Gasteiger partial charge in [0.15, 0.2) is 0 Å². The maximum atomic E-state index is 12.8. The summed E-state index contributed by atoms with van der Waals surface area (Å²) in [6, 6.07) is 3.39. The molecule has 0 amide bonds. The van der Waals surface area contributed by atoms with Gasteiger partial charge in [-0.3, -0.25) is 0 Å². The molecular formula is C14H21N3O2S. The van der Waals surface area contributed by atoms with Crippen LogP contribution in [0.1, 0.15) is 30.0 Å². The molecule has 0 heterocycles. The summed E-state index contributed by atoms with van der Waals surface area (Å²) in [4.78, 5) is 0.252. The average molecular weight is 295 g/mol. The van der Waals surface area contributed by atoms with Crippen LogP contribution in [0.25, 0.3) is 0 Å². The highest BCUT2D eigenvalue weighted by Gasteiger charge is 2.29. The zero-order chi connectivity index (χ0) is 15.7. The predicted molar refractivity (Wildman–Crippen MR) is 79.7 cm³/mol. The molecule has 6 heteroatoms. The van der Waals surface area contributed by atoms with Crippen LogP contribution in [-0.2, 0) is 10.0 Å². The molecule has 110 valence electrons. The van der Waals surface area contributed by atoms with Crippen molar-refractivity contribution in [3.63, 3.8) is 0 Å². The van der Waals surface area contributed by atoms with Gasteiger partial charge in [0.05, 0.1) is 17.4 Å². The van der Waals surface area contributed by atoms with Crippen LogP contribution in [0.4, 0.5) is 5.69 Å². The monoisotopic (exact) mass is 295 g/mol. The van der Waals surface area contributed by atoms with E-state index in [4.69, 9.17) is 11.0 Å². The first-order valence-corrected chi connectivity index (χ1v) is 7.79. The largest absolute Gasteiger partial charge is 0.398 e. The fraction of sp³-hybridized carbons (Fsp3) is 0.500. The standard InChI is InChI=1S/C14H21N3O2S/c1-9-8-13(16)12(4)14(11(9)3)20(18,19)17(5)10(2)6-7-15/h8,10H,6,16H2,1-5H3. The summed E-state index contributed by atoms with van der Waals surface area (Å²) < 4.78 is 26.8. The van der Waals surface area contributed by atoms with Gasteiger partial charge in [-0.25, -0.2) is 8.42 Å². The first-order chi connectivity index (χ1) is 9.14. The Hall–Kier alpha value is -1.58. The number of hydrogen-bond acceptors (Lipinski definition) is 4. The Balaban J connectivity index is 3.48. The van der Waals surface area contributed by atoms with Gasteiger partial charge in [-0.1, -0.05) is 0 Å². The summed E-state index contributed by atoms with van der Waals surface area (Å²) >= 11 is 0. The third-order valence-corrected chi connectivity index (χ3v) is 5.97. The van der Waals surface area contributed by atoms with Gasteiger partial charge in [0.1, 0.15) is 0 Å². The summed E-state index contributed by atoms with van der Waals surface area (Å²) in [5.41, 5.74) is 8.45. The van der Waals surface area contributed by atoms with Crippen LogP contribution in [0.2, 0.25) is 0 Å².